The summed E-state index contributed by atoms with van der Waals surface area (Å²) in [5.41, 5.74) is 7.95. The third kappa shape index (κ3) is 2.22. The van der Waals surface area contributed by atoms with Gasteiger partial charge in [0.15, 0.2) is 5.78 Å². The van der Waals surface area contributed by atoms with Gasteiger partial charge in [0.05, 0.1) is 17.8 Å². The molecule has 6 nitrogen and oxygen atoms in total. The first-order valence-electron chi connectivity index (χ1n) is 5.60. The number of nitrogens with two attached hydrogens (primary N) is 1. The number of hydrogen-bond donors (Lipinski definition) is 1. The molecule has 2 rings (SSSR count). The lowest BCUT2D eigenvalue weighted by molar-refractivity contribution is 0.101. The Morgan fingerprint density at radius 2 is 1.94 bits per heavy atom. The van der Waals surface area contributed by atoms with E-state index in [4.69, 9.17) is 5.73 Å². The summed E-state index contributed by atoms with van der Waals surface area (Å²) in [6.45, 7) is 5.54. The van der Waals surface area contributed by atoms with Crippen molar-refractivity contribution in [2.75, 3.05) is 5.73 Å². The van der Waals surface area contributed by atoms with E-state index >= 15 is 0 Å². The van der Waals surface area contributed by atoms with Gasteiger partial charge in [-0.25, -0.2) is 14.6 Å². The average molecular weight is 245 g/mol. The maximum atomic E-state index is 11.4. The lowest BCUT2D eigenvalue weighted by Gasteiger charge is -2.04. The number of aryl methyl sites for hydroxylation is 2. The van der Waals surface area contributed by atoms with Crippen LogP contribution in [0.4, 0.5) is 5.82 Å². The fourth-order valence-corrected chi connectivity index (χ4v) is 1.83. The minimum absolute atomic E-state index is 0.0728. The van der Waals surface area contributed by atoms with Crippen LogP contribution in [-0.2, 0) is 6.54 Å². The maximum Gasteiger partial charge on any atom is 0.165 e. The maximum absolute atomic E-state index is 11.4. The van der Waals surface area contributed by atoms with Gasteiger partial charge in [-0.2, -0.15) is 5.10 Å². The zero-order chi connectivity index (χ0) is 13.3. The van der Waals surface area contributed by atoms with Gasteiger partial charge in [-0.05, 0) is 20.8 Å². The highest BCUT2D eigenvalue weighted by molar-refractivity contribution is 5.99. The Morgan fingerprint density at radius 3 is 2.44 bits per heavy atom. The molecule has 0 bridgehead atoms. The molecular formula is C12H15N5O. The standard InChI is InChI=1S/C12H15N5O/c1-7-11(8(2)18)12(13)17(16-7)6-10-4-14-9(3)15-5-10/h4-5H,6,13H2,1-3H3. The van der Waals surface area contributed by atoms with Crippen LogP contribution in [0.1, 0.15) is 34.4 Å². The lowest BCUT2D eigenvalue weighted by atomic mass is 10.2. The zero-order valence-electron chi connectivity index (χ0n) is 10.6. The minimum atomic E-state index is -0.0728. The Morgan fingerprint density at radius 1 is 1.33 bits per heavy atom. The van der Waals surface area contributed by atoms with Gasteiger partial charge in [-0.1, -0.05) is 0 Å². The summed E-state index contributed by atoms with van der Waals surface area (Å²) < 4.78 is 1.60. The number of carbonyl (C=O) groups is 1. The summed E-state index contributed by atoms with van der Waals surface area (Å²) in [5.74, 6) is 1.03. The van der Waals surface area contributed by atoms with Gasteiger partial charge in [0.1, 0.15) is 11.6 Å². The Kier molecular flexibility index (Phi) is 3.10. The third-order valence-electron chi connectivity index (χ3n) is 2.69. The van der Waals surface area contributed by atoms with Gasteiger partial charge >= 0.3 is 0 Å². The van der Waals surface area contributed by atoms with Crippen LogP contribution in [0, 0.1) is 13.8 Å². The van der Waals surface area contributed by atoms with Crippen molar-refractivity contribution in [3.8, 4) is 0 Å². The molecule has 0 saturated carbocycles. The number of rotatable bonds is 3. The second-order valence-electron chi connectivity index (χ2n) is 4.20. The van der Waals surface area contributed by atoms with Crippen molar-refractivity contribution < 1.29 is 4.79 Å². The van der Waals surface area contributed by atoms with Gasteiger partial charge in [-0.3, -0.25) is 4.79 Å². The van der Waals surface area contributed by atoms with Gasteiger partial charge in [0.2, 0.25) is 0 Å². The molecule has 0 aromatic carbocycles. The SMILES string of the molecule is CC(=O)c1c(C)nn(Cc2cnc(C)nc2)c1N. The Balaban J connectivity index is 2.33. The third-order valence-corrected chi connectivity index (χ3v) is 2.69. The van der Waals surface area contributed by atoms with Crippen molar-refractivity contribution in [3.05, 3.63) is 35.0 Å². The van der Waals surface area contributed by atoms with E-state index < -0.39 is 0 Å². The van der Waals surface area contributed by atoms with Crippen molar-refractivity contribution in [1.82, 2.24) is 19.7 Å². The van der Waals surface area contributed by atoms with Crippen LogP contribution in [0.5, 0.6) is 0 Å². The molecule has 0 fully saturated rings. The fraction of sp³-hybridized carbons (Fsp3) is 0.333. The predicted octanol–water partition coefficient (Wildman–Crippen LogP) is 1.12. The molecule has 0 spiro atoms. The number of hydrogen-bond acceptors (Lipinski definition) is 5. The first-order chi connectivity index (χ1) is 8.49. The summed E-state index contributed by atoms with van der Waals surface area (Å²) in [5, 5.41) is 4.26. The molecule has 2 aromatic rings. The summed E-state index contributed by atoms with van der Waals surface area (Å²) in [7, 11) is 0. The van der Waals surface area contributed by atoms with Gasteiger partial charge in [0, 0.05) is 18.0 Å². The second kappa shape index (κ2) is 4.56. The van der Waals surface area contributed by atoms with Crippen molar-refractivity contribution >= 4 is 11.6 Å². The van der Waals surface area contributed by atoms with Crippen LogP contribution in [0.15, 0.2) is 12.4 Å². The molecule has 6 heteroatoms. The molecule has 0 amide bonds. The fourth-order valence-electron chi connectivity index (χ4n) is 1.83. The molecule has 0 radical (unpaired) electrons. The lowest BCUT2D eigenvalue weighted by Crippen LogP contribution is -2.08. The normalized spacial score (nSPS) is 10.6. The smallest absolute Gasteiger partial charge is 0.165 e. The van der Waals surface area contributed by atoms with Gasteiger partial charge in [0.25, 0.3) is 0 Å². The van der Waals surface area contributed by atoms with Crippen LogP contribution >= 0.6 is 0 Å². The van der Waals surface area contributed by atoms with Crippen LogP contribution in [0.2, 0.25) is 0 Å². The summed E-state index contributed by atoms with van der Waals surface area (Å²) in [6, 6.07) is 0. The van der Waals surface area contributed by atoms with Crippen molar-refractivity contribution in [3.63, 3.8) is 0 Å². The molecule has 0 aliphatic heterocycles. The summed E-state index contributed by atoms with van der Waals surface area (Å²) >= 11 is 0. The molecule has 0 unspecified atom stereocenters. The molecule has 0 aliphatic rings. The van der Waals surface area contributed by atoms with E-state index in [1.54, 1.807) is 24.0 Å². The molecule has 2 aromatic heterocycles. The summed E-state index contributed by atoms with van der Waals surface area (Å²) in [4.78, 5) is 19.7. The van der Waals surface area contributed by atoms with E-state index in [1.807, 2.05) is 6.92 Å². The van der Waals surface area contributed by atoms with Crippen molar-refractivity contribution in [2.24, 2.45) is 0 Å². The van der Waals surface area contributed by atoms with Crippen molar-refractivity contribution in [2.45, 2.75) is 27.3 Å². The largest absolute Gasteiger partial charge is 0.383 e. The highest BCUT2D eigenvalue weighted by Gasteiger charge is 2.16. The highest BCUT2D eigenvalue weighted by atomic mass is 16.1. The Bertz CT molecular complexity index is 585. The number of anilines is 1. The predicted molar refractivity (Wildman–Crippen MR) is 67.3 cm³/mol. The topological polar surface area (TPSA) is 86.7 Å². The van der Waals surface area contributed by atoms with Crippen LogP contribution in [0.25, 0.3) is 0 Å². The van der Waals surface area contributed by atoms with E-state index in [0.717, 1.165) is 5.56 Å². The van der Waals surface area contributed by atoms with Gasteiger partial charge in [-0.15, -0.1) is 0 Å². The van der Waals surface area contributed by atoms with E-state index in [1.165, 1.54) is 6.92 Å². The van der Waals surface area contributed by atoms with E-state index in [0.29, 0.717) is 29.4 Å². The molecule has 0 saturated heterocycles. The molecular weight excluding hydrogens is 230 g/mol. The van der Waals surface area contributed by atoms with E-state index in [9.17, 15) is 4.79 Å². The van der Waals surface area contributed by atoms with Crippen LogP contribution in [-0.4, -0.2) is 25.5 Å². The first-order valence-corrected chi connectivity index (χ1v) is 5.60. The molecule has 0 aliphatic carbocycles. The molecule has 2 heterocycles. The van der Waals surface area contributed by atoms with Crippen LogP contribution < -0.4 is 5.73 Å². The number of carbonyl (C=O) groups excluding carboxylic acids is 1. The molecule has 0 atom stereocenters. The number of nitrogens with zero attached hydrogens (tertiary/aromatic N) is 4. The summed E-state index contributed by atoms with van der Waals surface area (Å²) in [6.07, 6.45) is 3.46. The number of aromatic nitrogens is 4. The number of Topliss-reactive ketones (excluding diaryl/α,β-unsaturated/α-hetero) is 1. The van der Waals surface area contributed by atoms with Crippen molar-refractivity contribution in [1.29, 1.82) is 0 Å². The number of nitrogen functional groups attached to an aromatic ring is 1. The van der Waals surface area contributed by atoms with Crippen LogP contribution in [0.3, 0.4) is 0 Å². The van der Waals surface area contributed by atoms with Gasteiger partial charge < -0.3 is 5.73 Å². The van der Waals surface area contributed by atoms with E-state index in [-0.39, 0.29) is 5.78 Å². The quantitative estimate of drug-likeness (QED) is 0.819. The van der Waals surface area contributed by atoms with E-state index in [2.05, 4.69) is 15.1 Å². The molecule has 2 N–H and O–H groups in total. The molecule has 94 valence electrons. The monoisotopic (exact) mass is 245 g/mol. The number of ketones is 1. The Labute approximate surface area is 105 Å². The zero-order valence-corrected chi connectivity index (χ0v) is 10.6. The minimum Gasteiger partial charge on any atom is -0.383 e. The highest BCUT2D eigenvalue weighted by Crippen LogP contribution is 2.17. The Hall–Kier alpha value is -2.24. The second-order valence-corrected chi connectivity index (χ2v) is 4.20. The average Bonchev–Trinajstić information content (AvgIpc) is 2.57. The first kappa shape index (κ1) is 12.2. The molecule has 18 heavy (non-hydrogen) atoms.